The molecule has 12 aromatic rings. The van der Waals surface area contributed by atoms with Gasteiger partial charge < -0.3 is 13.7 Å². The van der Waals surface area contributed by atoms with Crippen molar-refractivity contribution in [1.82, 2.24) is 4.98 Å². The van der Waals surface area contributed by atoms with Gasteiger partial charge in [-0.3, -0.25) is 4.90 Å². The summed E-state index contributed by atoms with van der Waals surface area (Å²) in [5, 5.41) is 4.18. The molecule has 0 saturated carbocycles. The maximum absolute atomic E-state index is 7.33. The zero-order valence-electron chi connectivity index (χ0n) is 42.1. The van der Waals surface area contributed by atoms with Crippen molar-refractivity contribution in [3.05, 3.63) is 234 Å². The number of nitrogens with zero attached hydrogens (tertiary/aromatic N) is 3. The lowest BCUT2D eigenvalue weighted by Crippen LogP contribution is -2.19. The molecular weight excluding hydrogens is 891 g/mol. The Kier molecular flexibility index (Phi) is 10.5. The van der Waals surface area contributed by atoms with Gasteiger partial charge in [-0.2, -0.15) is 0 Å². The van der Waals surface area contributed by atoms with Gasteiger partial charge in [0.25, 0.3) is 0 Å². The Morgan fingerprint density at radius 2 is 0.918 bits per heavy atom. The van der Waals surface area contributed by atoms with Crippen molar-refractivity contribution in [3.63, 3.8) is 0 Å². The maximum atomic E-state index is 7.33. The number of aryl methyl sites for hydroxylation is 4. The molecule has 0 unspecified atom stereocenters. The van der Waals surface area contributed by atoms with Crippen molar-refractivity contribution in [3.8, 4) is 33.4 Å². The Morgan fingerprint density at radius 1 is 0.452 bits per heavy atom. The van der Waals surface area contributed by atoms with E-state index in [4.69, 9.17) is 13.8 Å². The summed E-state index contributed by atoms with van der Waals surface area (Å²) in [4.78, 5) is 10.2. The second-order valence-corrected chi connectivity index (χ2v) is 20.2. The molecule has 73 heavy (non-hydrogen) atoms. The molecule has 0 amide bonds. The van der Waals surface area contributed by atoms with Gasteiger partial charge in [0.05, 0.1) is 27.8 Å². The molecule has 0 aliphatic heterocycles. The monoisotopic (exact) mass is 945 g/mol. The number of hydrogen-bond acceptors (Lipinski definition) is 5. The molecule has 1 aliphatic carbocycles. The van der Waals surface area contributed by atoms with E-state index in [0.29, 0.717) is 0 Å². The number of hydrogen-bond donors (Lipinski definition) is 0. The summed E-state index contributed by atoms with van der Waals surface area (Å²) in [7, 11) is 0. The molecule has 1 aliphatic rings. The highest BCUT2D eigenvalue weighted by molar-refractivity contribution is 6.24. The molecule has 0 fully saturated rings. The van der Waals surface area contributed by atoms with Crippen LogP contribution in [0.25, 0.3) is 77.3 Å². The van der Waals surface area contributed by atoms with Gasteiger partial charge in [0, 0.05) is 56.0 Å². The predicted octanol–water partition coefficient (Wildman–Crippen LogP) is 19.2. The van der Waals surface area contributed by atoms with Gasteiger partial charge in [-0.15, -0.1) is 0 Å². The topological polar surface area (TPSA) is 45.7 Å². The van der Waals surface area contributed by atoms with Gasteiger partial charge in [-0.05, 0) is 132 Å². The molecule has 0 spiro atoms. The van der Waals surface area contributed by atoms with E-state index in [1.807, 2.05) is 6.20 Å². The van der Waals surface area contributed by atoms with Crippen LogP contribution in [0.1, 0.15) is 61.1 Å². The van der Waals surface area contributed by atoms with Crippen LogP contribution in [0.4, 0.5) is 34.3 Å². The van der Waals surface area contributed by atoms with Crippen molar-refractivity contribution in [1.29, 1.82) is 0 Å². The Bertz CT molecular complexity index is 3820. The van der Waals surface area contributed by atoms with Crippen LogP contribution in [0.3, 0.4) is 0 Å². The van der Waals surface area contributed by atoms with Crippen LogP contribution < -0.4 is 9.80 Å². The van der Waals surface area contributed by atoms with Crippen molar-refractivity contribution in [2.24, 2.45) is 0 Å². The second-order valence-electron chi connectivity index (χ2n) is 20.2. The minimum atomic E-state index is -0.539. The summed E-state index contributed by atoms with van der Waals surface area (Å²) in [6.45, 7) is 13.5. The van der Waals surface area contributed by atoms with E-state index in [-0.39, 0.29) is 0 Å². The zero-order chi connectivity index (χ0) is 49.5. The van der Waals surface area contributed by atoms with Gasteiger partial charge in [0.15, 0.2) is 0 Å². The highest BCUT2D eigenvalue weighted by Gasteiger charge is 2.43. The van der Waals surface area contributed by atoms with Crippen LogP contribution in [0, 0.1) is 13.8 Å². The molecule has 3 heterocycles. The summed E-state index contributed by atoms with van der Waals surface area (Å²) in [5.41, 5.74) is 21.8. The first kappa shape index (κ1) is 44.3. The first-order chi connectivity index (χ1) is 35.7. The van der Waals surface area contributed by atoms with E-state index in [2.05, 4.69) is 245 Å². The lowest BCUT2D eigenvalue weighted by Gasteiger charge is -2.31. The van der Waals surface area contributed by atoms with Gasteiger partial charge in [0.1, 0.15) is 28.1 Å². The number of furan rings is 2. The predicted molar refractivity (Wildman–Crippen MR) is 305 cm³/mol. The molecule has 13 rings (SSSR count). The van der Waals surface area contributed by atoms with Crippen LogP contribution in [-0.4, -0.2) is 4.98 Å². The third kappa shape index (κ3) is 7.09. The Balaban J connectivity index is 1.15. The highest BCUT2D eigenvalue weighted by atomic mass is 16.3. The fourth-order valence-corrected chi connectivity index (χ4v) is 11.5. The van der Waals surface area contributed by atoms with Gasteiger partial charge in [-0.1, -0.05) is 161 Å². The van der Waals surface area contributed by atoms with E-state index in [1.165, 1.54) is 22.3 Å². The number of anilines is 6. The fraction of sp³-hybridized carbons (Fsp3) is 0.132. The minimum Gasteiger partial charge on any atom is -0.455 e. The molecule has 354 valence electrons. The molecular formula is C68H55N3O2. The average Bonchev–Trinajstić information content (AvgIpc) is 4.10. The molecule has 5 nitrogen and oxygen atoms in total. The summed E-state index contributed by atoms with van der Waals surface area (Å²) in [6.07, 6.45) is 3.89. The lowest BCUT2D eigenvalue weighted by atomic mass is 9.81. The number of rotatable bonds is 10. The van der Waals surface area contributed by atoms with Crippen LogP contribution in [0.15, 0.2) is 209 Å². The molecule has 5 heteroatoms. The molecule has 3 aromatic heterocycles. The Morgan fingerprint density at radius 3 is 1.45 bits per heavy atom. The van der Waals surface area contributed by atoms with Crippen molar-refractivity contribution >= 4 is 78.1 Å². The van der Waals surface area contributed by atoms with Gasteiger partial charge in [0.2, 0.25) is 0 Å². The number of pyridine rings is 1. The molecule has 0 N–H and O–H groups in total. The highest BCUT2D eigenvalue weighted by Crippen LogP contribution is 2.61. The number of fused-ring (bicyclic) bond motifs is 11. The third-order valence-corrected chi connectivity index (χ3v) is 15.3. The van der Waals surface area contributed by atoms with E-state index in [0.717, 1.165) is 135 Å². The Hall–Kier alpha value is -8.67. The zero-order valence-corrected chi connectivity index (χ0v) is 42.1. The van der Waals surface area contributed by atoms with Crippen molar-refractivity contribution < 1.29 is 8.83 Å². The van der Waals surface area contributed by atoms with Crippen LogP contribution in [0.5, 0.6) is 0 Å². The number of aromatic nitrogens is 1. The lowest BCUT2D eigenvalue weighted by molar-refractivity contribution is 0.650. The normalized spacial score (nSPS) is 12.7. The summed E-state index contributed by atoms with van der Waals surface area (Å²) >= 11 is 0. The van der Waals surface area contributed by atoms with E-state index in [1.54, 1.807) is 0 Å². The van der Waals surface area contributed by atoms with Crippen LogP contribution in [-0.2, 0) is 18.3 Å². The van der Waals surface area contributed by atoms with E-state index in [9.17, 15) is 0 Å². The number of benzene rings is 9. The largest absolute Gasteiger partial charge is 0.455 e. The molecule has 0 saturated heterocycles. The van der Waals surface area contributed by atoms with Gasteiger partial charge in [-0.25, -0.2) is 4.98 Å². The Labute approximate surface area is 426 Å². The number of para-hydroxylation sites is 2. The second kappa shape index (κ2) is 17.3. The molecule has 0 atom stereocenters. The molecule has 0 bridgehead atoms. The first-order valence-electron chi connectivity index (χ1n) is 25.6. The molecule has 9 aromatic carbocycles. The maximum Gasteiger partial charge on any atom is 0.145 e. The quantitative estimate of drug-likeness (QED) is 0.137. The van der Waals surface area contributed by atoms with Crippen molar-refractivity contribution in [2.75, 3.05) is 9.80 Å². The summed E-state index contributed by atoms with van der Waals surface area (Å²) in [5.74, 6) is 0.847. The molecule has 0 radical (unpaired) electrons. The van der Waals surface area contributed by atoms with E-state index >= 15 is 0 Å². The third-order valence-electron chi connectivity index (χ3n) is 15.3. The van der Waals surface area contributed by atoms with Crippen molar-refractivity contribution in [2.45, 2.75) is 59.8 Å². The van der Waals surface area contributed by atoms with Crippen LogP contribution >= 0.6 is 0 Å². The van der Waals surface area contributed by atoms with E-state index < -0.39 is 5.41 Å². The van der Waals surface area contributed by atoms with Crippen LogP contribution in [0.2, 0.25) is 0 Å². The minimum absolute atomic E-state index is 0.539. The first-order valence-corrected chi connectivity index (χ1v) is 25.6. The SMILES string of the molecule is CCc1ccc(N(c2ccc(C)cc2-c2ccccc2)c2cc3c(c4oc5ccccc5c24)-c2c(cc(N(c4ccc(CC)cc4)c4ncc(C)cc4-c4ccccc4)c4c2oc2ccccc24)C3(C)C)cc1. The standard InChI is InChI=1S/C68H55N3O2/c1-7-44-28-32-48(33-29-44)70(56-36-27-42(3)37-52(56)46-19-11-9-12-20-46)57-39-54-63(65-61(57)50-23-15-17-25-59(50)72-65)64-55(68(54,5)6)40-58(62-51-24-16-18-26-60(51)73-66(62)64)71(49-34-30-45(8-2)31-35-49)67-53(38-43(4)41-69-67)47-21-13-10-14-22-47/h9-41H,7-8H2,1-6H3. The summed E-state index contributed by atoms with van der Waals surface area (Å²) < 4.78 is 14.6. The van der Waals surface area contributed by atoms with Gasteiger partial charge >= 0.3 is 0 Å². The average molecular weight is 946 g/mol. The fourth-order valence-electron chi connectivity index (χ4n) is 11.5. The summed E-state index contributed by atoms with van der Waals surface area (Å²) in [6, 6.07) is 70.5. The smallest absolute Gasteiger partial charge is 0.145 e.